The van der Waals surface area contributed by atoms with E-state index in [1.807, 2.05) is 0 Å². The highest BCUT2D eigenvalue weighted by molar-refractivity contribution is 5.61. The zero-order valence-electron chi connectivity index (χ0n) is 11.5. The Morgan fingerprint density at radius 1 is 1.43 bits per heavy atom. The van der Waals surface area contributed by atoms with Gasteiger partial charge in [0, 0.05) is 12.6 Å². The van der Waals surface area contributed by atoms with Gasteiger partial charge in [0.05, 0.1) is 11.5 Å². The van der Waals surface area contributed by atoms with Crippen molar-refractivity contribution in [3.05, 3.63) is 33.9 Å². The van der Waals surface area contributed by atoms with E-state index in [4.69, 9.17) is 5.84 Å². The quantitative estimate of drug-likeness (QED) is 0.459. The lowest BCUT2D eigenvalue weighted by Gasteiger charge is -2.23. The first kappa shape index (κ1) is 17.2. The first-order chi connectivity index (χ1) is 9.76. The molecular formula is C12H17F3N4O2. The highest BCUT2D eigenvalue weighted by Crippen LogP contribution is 2.26. The number of benzene rings is 1. The molecule has 0 aliphatic heterocycles. The van der Waals surface area contributed by atoms with Crippen molar-refractivity contribution in [2.75, 3.05) is 18.5 Å². The number of rotatable bonds is 7. The SMILES string of the molecule is CCCN(Cc1ccc(NN)c([N+](=O)[O-])c1)CC(F)(F)F. The van der Waals surface area contributed by atoms with Crippen molar-refractivity contribution >= 4 is 11.4 Å². The van der Waals surface area contributed by atoms with Crippen LogP contribution in [0, 0.1) is 10.1 Å². The maximum absolute atomic E-state index is 12.5. The van der Waals surface area contributed by atoms with Crippen LogP contribution in [0.15, 0.2) is 18.2 Å². The number of nitrogen functional groups attached to an aromatic ring is 1. The second kappa shape index (κ2) is 7.23. The Morgan fingerprint density at radius 3 is 2.57 bits per heavy atom. The molecule has 0 aliphatic rings. The molecule has 3 N–H and O–H groups in total. The lowest BCUT2D eigenvalue weighted by atomic mass is 10.1. The standard InChI is InChI=1S/C12H17F3N4O2/c1-2-5-18(8-12(13,14)15)7-9-3-4-10(17-16)11(6-9)19(20)21/h3-4,6,17H,2,5,7-8,16H2,1H3. The molecule has 0 saturated heterocycles. The van der Waals surface area contributed by atoms with E-state index in [0.29, 0.717) is 12.0 Å². The number of anilines is 1. The lowest BCUT2D eigenvalue weighted by Crippen LogP contribution is -2.34. The van der Waals surface area contributed by atoms with Crippen LogP contribution in [0.25, 0.3) is 0 Å². The molecule has 0 unspecified atom stereocenters. The highest BCUT2D eigenvalue weighted by Gasteiger charge is 2.30. The molecule has 6 nitrogen and oxygen atoms in total. The van der Waals surface area contributed by atoms with Gasteiger partial charge in [0.15, 0.2) is 0 Å². The number of nitrogens with two attached hydrogens (primary N) is 1. The van der Waals surface area contributed by atoms with E-state index in [-0.39, 0.29) is 24.5 Å². The Balaban J connectivity index is 2.93. The molecule has 0 fully saturated rings. The summed E-state index contributed by atoms with van der Waals surface area (Å²) in [6.45, 7) is 0.960. The second-order valence-electron chi connectivity index (χ2n) is 4.58. The number of alkyl halides is 3. The number of halogens is 3. The molecule has 0 saturated carbocycles. The summed E-state index contributed by atoms with van der Waals surface area (Å²) in [7, 11) is 0. The largest absolute Gasteiger partial charge is 0.401 e. The van der Waals surface area contributed by atoms with Gasteiger partial charge in [-0.05, 0) is 24.6 Å². The number of nitro benzene ring substituents is 1. The summed E-state index contributed by atoms with van der Waals surface area (Å²) < 4.78 is 37.4. The fourth-order valence-corrected chi connectivity index (χ4v) is 1.99. The molecule has 1 rings (SSSR count). The summed E-state index contributed by atoms with van der Waals surface area (Å²) in [5.74, 6) is 5.16. The summed E-state index contributed by atoms with van der Waals surface area (Å²) in [6.07, 6.45) is -3.75. The third-order valence-corrected chi connectivity index (χ3v) is 2.76. The van der Waals surface area contributed by atoms with Crippen molar-refractivity contribution in [1.29, 1.82) is 0 Å². The Labute approximate surface area is 119 Å². The van der Waals surface area contributed by atoms with Crippen LogP contribution >= 0.6 is 0 Å². The third kappa shape index (κ3) is 5.56. The fraction of sp³-hybridized carbons (Fsp3) is 0.500. The first-order valence-electron chi connectivity index (χ1n) is 6.30. The van der Waals surface area contributed by atoms with Crippen molar-refractivity contribution in [2.45, 2.75) is 26.1 Å². The Hall–Kier alpha value is -1.87. The van der Waals surface area contributed by atoms with Gasteiger partial charge in [-0.15, -0.1) is 0 Å². The van der Waals surface area contributed by atoms with Crippen LogP contribution < -0.4 is 11.3 Å². The zero-order chi connectivity index (χ0) is 16.0. The van der Waals surface area contributed by atoms with Crippen molar-refractivity contribution in [3.8, 4) is 0 Å². The van der Waals surface area contributed by atoms with Crippen LogP contribution in [0.5, 0.6) is 0 Å². The van der Waals surface area contributed by atoms with Crippen molar-refractivity contribution in [3.63, 3.8) is 0 Å². The summed E-state index contributed by atoms with van der Waals surface area (Å²) in [5.41, 5.74) is 2.46. The minimum absolute atomic E-state index is 0.0148. The maximum atomic E-state index is 12.5. The molecule has 0 heterocycles. The number of hydrogen-bond acceptors (Lipinski definition) is 5. The Bertz CT molecular complexity index is 494. The molecule has 0 aliphatic carbocycles. The van der Waals surface area contributed by atoms with Crippen LogP contribution in [-0.2, 0) is 6.54 Å². The molecule has 0 radical (unpaired) electrons. The van der Waals surface area contributed by atoms with Gasteiger partial charge < -0.3 is 5.43 Å². The molecule has 0 bridgehead atoms. The van der Waals surface area contributed by atoms with E-state index in [1.54, 1.807) is 6.92 Å². The van der Waals surface area contributed by atoms with Gasteiger partial charge in [-0.25, -0.2) is 0 Å². The van der Waals surface area contributed by atoms with Crippen LogP contribution in [0.3, 0.4) is 0 Å². The fourth-order valence-electron chi connectivity index (χ4n) is 1.99. The average Bonchev–Trinajstić information content (AvgIpc) is 2.37. The predicted molar refractivity (Wildman–Crippen MR) is 72.5 cm³/mol. The van der Waals surface area contributed by atoms with E-state index in [9.17, 15) is 23.3 Å². The number of hydrazine groups is 1. The summed E-state index contributed by atoms with van der Waals surface area (Å²) in [4.78, 5) is 11.5. The Morgan fingerprint density at radius 2 is 2.10 bits per heavy atom. The molecule has 0 spiro atoms. The van der Waals surface area contributed by atoms with Gasteiger partial charge in [0.25, 0.3) is 5.69 Å². The highest BCUT2D eigenvalue weighted by atomic mass is 19.4. The molecule has 1 aromatic carbocycles. The van der Waals surface area contributed by atoms with E-state index in [1.165, 1.54) is 23.1 Å². The van der Waals surface area contributed by atoms with Crippen LogP contribution in [0.2, 0.25) is 0 Å². The van der Waals surface area contributed by atoms with E-state index < -0.39 is 17.6 Å². The average molecular weight is 306 g/mol. The van der Waals surface area contributed by atoms with E-state index in [0.717, 1.165) is 0 Å². The van der Waals surface area contributed by atoms with Gasteiger partial charge in [-0.1, -0.05) is 13.0 Å². The molecule has 0 amide bonds. The normalized spacial score (nSPS) is 11.7. The molecule has 0 aromatic heterocycles. The van der Waals surface area contributed by atoms with Crippen molar-refractivity contribution < 1.29 is 18.1 Å². The smallest absolute Gasteiger partial charge is 0.318 e. The molecule has 9 heteroatoms. The van der Waals surface area contributed by atoms with Gasteiger partial charge in [-0.3, -0.25) is 20.9 Å². The van der Waals surface area contributed by atoms with Crippen LogP contribution in [0.1, 0.15) is 18.9 Å². The van der Waals surface area contributed by atoms with Gasteiger partial charge in [0.2, 0.25) is 0 Å². The van der Waals surface area contributed by atoms with Crippen molar-refractivity contribution in [1.82, 2.24) is 4.90 Å². The second-order valence-corrected chi connectivity index (χ2v) is 4.58. The molecule has 118 valence electrons. The van der Waals surface area contributed by atoms with E-state index in [2.05, 4.69) is 5.43 Å². The Kier molecular flexibility index (Phi) is 5.91. The number of nitrogens with zero attached hydrogens (tertiary/aromatic N) is 2. The monoisotopic (exact) mass is 306 g/mol. The molecule has 0 atom stereocenters. The summed E-state index contributed by atoms with van der Waals surface area (Å²) >= 11 is 0. The van der Waals surface area contributed by atoms with Crippen LogP contribution in [-0.4, -0.2) is 29.1 Å². The zero-order valence-corrected chi connectivity index (χ0v) is 11.5. The number of nitro groups is 1. The minimum Gasteiger partial charge on any atom is -0.318 e. The molecular weight excluding hydrogens is 289 g/mol. The van der Waals surface area contributed by atoms with Gasteiger partial charge in [-0.2, -0.15) is 13.2 Å². The third-order valence-electron chi connectivity index (χ3n) is 2.76. The molecule has 1 aromatic rings. The minimum atomic E-state index is -4.31. The van der Waals surface area contributed by atoms with Gasteiger partial charge in [0.1, 0.15) is 5.69 Å². The predicted octanol–water partition coefficient (Wildman–Crippen LogP) is 2.65. The summed E-state index contributed by atoms with van der Waals surface area (Å²) in [6, 6.07) is 4.13. The summed E-state index contributed by atoms with van der Waals surface area (Å²) in [5, 5.41) is 10.9. The number of hydrogen-bond donors (Lipinski definition) is 2. The first-order valence-corrected chi connectivity index (χ1v) is 6.30. The lowest BCUT2D eigenvalue weighted by molar-refractivity contribution is -0.384. The topological polar surface area (TPSA) is 84.4 Å². The van der Waals surface area contributed by atoms with Crippen LogP contribution in [0.4, 0.5) is 24.5 Å². The van der Waals surface area contributed by atoms with Crippen molar-refractivity contribution in [2.24, 2.45) is 5.84 Å². The van der Waals surface area contributed by atoms with Gasteiger partial charge >= 0.3 is 6.18 Å². The molecule has 21 heavy (non-hydrogen) atoms. The maximum Gasteiger partial charge on any atom is 0.401 e. The number of nitrogens with one attached hydrogen (secondary N) is 1. The van der Waals surface area contributed by atoms with E-state index >= 15 is 0 Å².